The van der Waals surface area contributed by atoms with E-state index in [-0.39, 0.29) is 25.7 Å². The summed E-state index contributed by atoms with van der Waals surface area (Å²) in [7, 11) is -9.90. The Morgan fingerprint density at radius 2 is 0.489 bits per heavy atom. The zero-order valence-electron chi connectivity index (χ0n) is 61.3. The van der Waals surface area contributed by atoms with Gasteiger partial charge in [-0.15, -0.1) is 0 Å². The molecule has 0 aromatic rings. The van der Waals surface area contributed by atoms with Crippen LogP contribution in [0, 0.1) is 11.8 Å². The molecule has 19 heteroatoms. The minimum Gasteiger partial charge on any atom is -0.462 e. The van der Waals surface area contributed by atoms with Crippen molar-refractivity contribution in [1.29, 1.82) is 0 Å². The molecule has 0 bridgehead atoms. The van der Waals surface area contributed by atoms with Crippen LogP contribution in [0.3, 0.4) is 0 Å². The van der Waals surface area contributed by atoms with Crippen LogP contribution in [0.15, 0.2) is 0 Å². The second kappa shape index (κ2) is 66.9. The van der Waals surface area contributed by atoms with E-state index in [2.05, 4.69) is 41.5 Å². The largest absolute Gasteiger partial charge is 0.472 e. The highest BCUT2D eigenvalue weighted by atomic mass is 31.2. The Morgan fingerprint density at radius 3 is 0.723 bits per heavy atom. The van der Waals surface area contributed by atoms with E-state index in [1.54, 1.807) is 0 Å². The average Bonchev–Trinajstić information content (AvgIpc) is 3.74. The molecule has 0 spiro atoms. The third-order valence-corrected chi connectivity index (χ3v) is 19.4. The van der Waals surface area contributed by atoms with Crippen molar-refractivity contribution in [2.75, 3.05) is 39.6 Å². The summed E-state index contributed by atoms with van der Waals surface area (Å²) in [6.45, 7) is 9.56. The Labute approximate surface area is 575 Å². The van der Waals surface area contributed by atoms with Gasteiger partial charge in [-0.05, 0) is 37.5 Å². The molecule has 5 atom stereocenters. The van der Waals surface area contributed by atoms with Crippen molar-refractivity contribution in [3.05, 3.63) is 0 Å². The van der Waals surface area contributed by atoms with Gasteiger partial charge in [0.25, 0.3) is 0 Å². The summed E-state index contributed by atoms with van der Waals surface area (Å²) in [5.41, 5.74) is 0. The van der Waals surface area contributed by atoms with Crippen LogP contribution >= 0.6 is 15.6 Å². The highest BCUT2D eigenvalue weighted by Gasteiger charge is 2.30. The van der Waals surface area contributed by atoms with Gasteiger partial charge in [0.1, 0.15) is 19.3 Å². The molecule has 2 unspecified atom stereocenters. The van der Waals surface area contributed by atoms with Crippen molar-refractivity contribution < 1.29 is 80.2 Å². The van der Waals surface area contributed by atoms with Crippen LogP contribution in [0.1, 0.15) is 388 Å². The first-order valence-corrected chi connectivity index (χ1v) is 42.0. The molecule has 0 aliphatic heterocycles. The third kappa shape index (κ3) is 68.6. The number of esters is 4. The predicted octanol–water partition coefficient (Wildman–Crippen LogP) is 21.9. The number of hydrogen-bond donors (Lipinski definition) is 3. The van der Waals surface area contributed by atoms with E-state index in [0.717, 1.165) is 108 Å². The normalized spacial score (nSPS) is 14.0. The number of hydrogen-bond acceptors (Lipinski definition) is 15. The predicted molar refractivity (Wildman–Crippen MR) is 381 cm³/mol. The van der Waals surface area contributed by atoms with E-state index in [4.69, 9.17) is 37.0 Å². The molecule has 0 aliphatic carbocycles. The highest BCUT2D eigenvalue weighted by Crippen LogP contribution is 2.45. The number of unbranched alkanes of at least 4 members (excludes halogenated alkanes) is 44. The second-order valence-electron chi connectivity index (χ2n) is 28.0. The SMILES string of the molecule is CCCCCCCCCCCCCCCC(=O)O[C@H](COC(=O)CCCCCCC)COP(=O)(O)OC[C@H](O)COP(=O)(O)OC[C@@H](COC(=O)CCCCCCCCCCCCCCCCCC(C)C)OC(=O)CCCCCCCCCCCCCCCCCC(C)C. The Kier molecular flexibility index (Phi) is 65.5. The number of carbonyl (C=O) groups is 4. The van der Waals surface area contributed by atoms with Gasteiger partial charge in [0.2, 0.25) is 0 Å². The van der Waals surface area contributed by atoms with E-state index in [0.29, 0.717) is 25.7 Å². The molecule has 94 heavy (non-hydrogen) atoms. The monoisotopic (exact) mass is 1380 g/mol. The molecule has 0 radical (unpaired) electrons. The summed E-state index contributed by atoms with van der Waals surface area (Å²) in [6.07, 6.45) is 54.5. The first-order chi connectivity index (χ1) is 45.4. The molecule has 17 nitrogen and oxygen atoms in total. The lowest BCUT2D eigenvalue weighted by Gasteiger charge is -2.21. The molecule has 0 saturated heterocycles. The van der Waals surface area contributed by atoms with Crippen molar-refractivity contribution in [1.82, 2.24) is 0 Å². The summed E-state index contributed by atoms with van der Waals surface area (Å²) in [5.74, 6) is -0.518. The third-order valence-electron chi connectivity index (χ3n) is 17.5. The first-order valence-electron chi connectivity index (χ1n) is 39.0. The van der Waals surface area contributed by atoms with Crippen molar-refractivity contribution in [3.63, 3.8) is 0 Å². The number of rotatable bonds is 74. The van der Waals surface area contributed by atoms with Crippen LogP contribution in [0.2, 0.25) is 0 Å². The zero-order valence-corrected chi connectivity index (χ0v) is 63.1. The van der Waals surface area contributed by atoms with Crippen molar-refractivity contribution in [2.45, 2.75) is 407 Å². The topological polar surface area (TPSA) is 237 Å². The van der Waals surface area contributed by atoms with Gasteiger partial charge >= 0.3 is 39.5 Å². The van der Waals surface area contributed by atoms with E-state index in [1.165, 1.54) is 199 Å². The summed E-state index contributed by atoms with van der Waals surface area (Å²) in [6, 6.07) is 0. The van der Waals surface area contributed by atoms with Crippen molar-refractivity contribution >= 4 is 39.5 Å². The molecule has 0 aliphatic rings. The van der Waals surface area contributed by atoms with Gasteiger partial charge in [-0.3, -0.25) is 37.3 Å². The molecule has 0 heterocycles. The van der Waals surface area contributed by atoms with Crippen LogP contribution in [-0.2, 0) is 65.4 Å². The number of carbonyl (C=O) groups excluding carboxylic acids is 4. The molecule has 0 saturated carbocycles. The van der Waals surface area contributed by atoms with Gasteiger partial charge in [-0.25, -0.2) is 9.13 Å². The maximum Gasteiger partial charge on any atom is 0.472 e. The second-order valence-corrected chi connectivity index (χ2v) is 30.9. The Balaban J connectivity index is 5.14. The lowest BCUT2D eigenvalue weighted by Crippen LogP contribution is -2.30. The molecular formula is C75H146O17P2. The number of aliphatic hydroxyl groups excluding tert-OH is 1. The first kappa shape index (κ1) is 92.1. The average molecular weight is 1380 g/mol. The van der Waals surface area contributed by atoms with Gasteiger partial charge < -0.3 is 33.8 Å². The number of phosphoric ester groups is 2. The smallest absolute Gasteiger partial charge is 0.462 e. The van der Waals surface area contributed by atoms with E-state index >= 15 is 0 Å². The fourth-order valence-corrected chi connectivity index (χ4v) is 13.1. The summed E-state index contributed by atoms with van der Waals surface area (Å²) < 4.78 is 68.3. The summed E-state index contributed by atoms with van der Waals surface area (Å²) in [5, 5.41) is 10.6. The highest BCUT2D eigenvalue weighted by molar-refractivity contribution is 7.47. The summed E-state index contributed by atoms with van der Waals surface area (Å²) >= 11 is 0. The lowest BCUT2D eigenvalue weighted by atomic mass is 10.0. The molecule has 0 rings (SSSR count). The minimum atomic E-state index is -4.95. The van der Waals surface area contributed by atoms with Crippen LogP contribution < -0.4 is 0 Å². The molecule has 0 aromatic carbocycles. The summed E-state index contributed by atoms with van der Waals surface area (Å²) in [4.78, 5) is 72.5. The Morgan fingerprint density at radius 1 is 0.287 bits per heavy atom. The molecule has 0 fully saturated rings. The van der Waals surface area contributed by atoms with Gasteiger partial charge in [-0.1, -0.05) is 337 Å². The molecule has 558 valence electrons. The van der Waals surface area contributed by atoms with Gasteiger partial charge in [0.05, 0.1) is 26.4 Å². The Hall–Kier alpha value is -1.94. The van der Waals surface area contributed by atoms with Crippen molar-refractivity contribution in [3.8, 4) is 0 Å². The van der Waals surface area contributed by atoms with Crippen LogP contribution in [-0.4, -0.2) is 96.7 Å². The molecular weight excluding hydrogens is 1230 g/mol. The van der Waals surface area contributed by atoms with Crippen LogP contribution in [0.5, 0.6) is 0 Å². The number of phosphoric acid groups is 2. The molecule has 3 N–H and O–H groups in total. The van der Waals surface area contributed by atoms with E-state index in [1.807, 2.05) is 0 Å². The number of ether oxygens (including phenoxy) is 4. The maximum absolute atomic E-state index is 13.1. The van der Waals surface area contributed by atoms with Crippen LogP contribution in [0.25, 0.3) is 0 Å². The van der Waals surface area contributed by atoms with Crippen molar-refractivity contribution in [2.24, 2.45) is 11.8 Å². The molecule has 0 amide bonds. The fraction of sp³-hybridized carbons (Fsp3) is 0.947. The number of aliphatic hydroxyl groups is 1. The standard InChI is InChI=1S/C75H146O17P2/c1-7-9-11-13-14-15-16-23-31-36-41-47-53-59-74(79)91-70(63-85-72(77)57-51-43-12-10-8-2)65-89-93(81,82)87-61-69(76)62-88-94(83,84)90-66-71(92-75(80)60-54-48-42-37-32-27-22-18-20-25-29-34-39-45-50-56-68(5)6)64-86-73(78)58-52-46-40-35-30-26-21-17-19-24-28-33-38-44-49-55-67(3)4/h67-71,76H,7-66H2,1-6H3,(H,81,82)(H,83,84)/t69-,70+,71+/m0/s1. The molecule has 0 aromatic heterocycles. The Bertz CT molecular complexity index is 1820. The lowest BCUT2D eigenvalue weighted by molar-refractivity contribution is -0.161. The van der Waals surface area contributed by atoms with Gasteiger partial charge in [0.15, 0.2) is 12.2 Å². The van der Waals surface area contributed by atoms with E-state index in [9.17, 15) is 43.2 Å². The fourth-order valence-electron chi connectivity index (χ4n) is 11.5. The van der Waals surface area contributed by atoms with E-state index < -0.39 is 97.5 Å². The maximum atomic E-state index is 13.1. The van der Waals surface area contributed by atoms with Gasteiger partial charge in [0, 0.05) is 25.7 Å². The minimum absolute atomic E-state index is 0.107. The van der Waals surface area contributed by atoms with Crippen LogP contribution in [0.4, 0.5) is 0 Å². The zero-order chi connectivity index (χ0) is 69.3. The quantitative estimate of drug-likeness (QED) is 0.0222. The van der Waals surface area contributed by atoms with Gasteiger partial charge in [-0.2, -0.15) is 0 Å².